The number of hydrogen-bond donors (Lipinski definition) is 2. The van der Waals surface area contributed by atoms with Gasteiger partial charge in [-0.1, -0.05) is 403 Å². The van der Waals surface area contributed by atoms with Crippen LogP contribution in [0.5, 0.6) is 0 Å². The van der Waals surface area contributed by atoms with Crippen molar-refractivity contribution in [3.63, 3.8) is 0 Å². The van der Waals surface area contributed by atoms with Crippen LogP contribution in [0.15, 0.2) is 36.5 Å². The zero-order valence-electron chi connectivity index (χ0n) is 60.7. The van der Waals surface area contributed by atoms with Gasteiger partial charge in [0.25, 0.3) is 7.82 Å². The maximum absolute atomic E-state index is 13.1. The Labute approximate surface area is 557 Å². The molecule has 0 saturated carbocycles. The van der Waals surface area contributed by atoms with Crippen LogP contribution >= 0.6 is 7.82 Å². The highest BCUT2D eigenvalue weighted by atomic mass is 31.2. The molecule has 3 unspecified atom stereocenters. The van der Waals surface area contributed by atoms with Crippen molar-refractivity contribution in [1.82, 2.24) is 5.32 Å². The number of hydrogen-bond acceptors (Lipinski definition) is 6. The van der Waals surface area contributed by atoms with Crippen LogP contribution in [0.1, 0.15) is 418 Å². The summed E-state index contributed by atoms with van der Waals surface area (Å²) in [4.78, 5) is 25.7. The third-order valence-electron chi connectivity index (χ3n) is 18.6. The molecule has 0 aromatic heterocycles. The summed E-state index contributed by atoms with van der Waals surface area (Å²) in [6.07, 6.45) is 96.2. The van der Waals surface area contributed by atoms with E-state index in [2.05, 4.69) is 43.5 Å². The van der Waals surface area contributed by atoms with Crippen molar-refractivity contribution in [2.24, 2.45) is 0 Å². The van der Waals surface area contributed by atoms with Crippen LogP contribution in [0, 0.1) is 0 Å². The van der Waals surface area contributed by atoms with Gasteiger partial charge >= 0.3 is 0 Å². The van der Waals surface area contributed by atoms with Gasteiger partial charge in [0.2, 0.25) is 5.91 Å². The molecule has 0 aromatic carbocycles. The van der Waals surface area contributed by atoms with Crippen LogP contribution in [0.25, 0.3) is 0 Å². The fraction of sp³-hybridized carbons (Fsp3) is 0.912. The predicted octanol–water partition coefficient (Wildman–Crippen LogP) is 25.3. The van der Waals surface area contributed by atoms with Crippen LogP contribution in [-0.4, -0.2) is 68.5 Å². The van der Waals surface area contributed by atoms with Crippen molar-refractivity contribution in [3.8, 4) is 0 Å². The quantitative estimate of drug-likeness (QED) is 0.0272. The molecule has 0 bridgehead atoms. The molecule has 0 fully saturated rings. The Bertz CT molecular complexity index is 1550. The number of phosphoric acid groups is 1. The van der Waals surface area contributed by atoms with E-state index in [1.54, 1.807) is 6.08 Å². The molecule has 0 radical (unpaired) electrons. The average Bonchev–Trinajstić information content (AvgIpc) is 3.62. The van der Waals surface area contributed by atoms with Gasteiger partial charge in [-0.3, -0.25) is 9.36 Å². The highest BCUT2D eigenvalue weighted by Gasteiger charge is 2.23. The van der Waals surface area contributed by atoms with E-state index in [1.165, 1.54) is 353 Å². The summed E-state index contributed by atoms with van der Waals surface area (Å²) in [5.74, 6) is -0.202. The Kier molecular flexibility index (Phi) is 70.0. The van der Waals surface area contributed by atoms with Crippen molar-refractivity contribution in [2.45, 2.75) is 431 Å². The van der Waals surface area contributed by atoms with E-state index in [-0.39, 0.29) is 12.5 Å². The SMILES string of the molecule is CCCCCCCCCCCCCCCCCCCC/C=C/CC/C=C/CC/C=C/C(O)C(COP(=O)([O-])OCC[N+](C)(C)C)NC(=O)CCCCCCCCCCCCCCCCCCCCCCCCCCCCCCCCCCCCCCCCC. The Morgan fingerprint density at radius 3 is 0.910 bits per heavy atom. The molecule has 0 aromatic rings. The maximum atomic E-state index is 13.1. The van der Waals surface area contributed by atoms with Crippen LogP contribution in [-0.2, 0) is 18.4 Å². The van der Waals surface area contributed by atoms with E-state index in [0.29, 0.717) is 17.4 Å². The summed E-state index contributed by atoms with van der Waals surface area (Å²) in [6.45, 7) is 4.69. The zero-order chi connectivity index (χ0) is 64.8. The lowest BCUT2D eigenvalue weighted by Crippen LogP contribution is -2.45. The molecule has 0 rings (SSSR count). The van der Waals surface area contributed by atoms with Crippen molar-refractivity contribution >= 4 is 13.7 Å². The number of phosphoric ester groups is 1. The molecule has 9 heteroatoms. The Morgan fingerprint density at radius 2 is 0.629 bits per heavy atom. The van der Waals surface area contributed by atoms with E-state index in [1.807, 2.05) is 27.2 Å². The number of allylic oxidation sites excluding steroid dienone is 5. The number of aliphatic hydroxyl groups excluding tert-OH is 1. The van der Waals surface area contributed by atoms with Crippen LogP contribution in [0.4, 0.5) is 0 Å². The van der Waals surface area contributed by atoms with Gasteiger partial charge in [-0.25, -0.2) is 0 Å². The smallest absolute Gasteiger partial charge is 0.268 e. The van der Waals surface area contributed by atoms with E-state index in [4.69, 9.17) is 9.05 Å². The number of aliphatic hydroxyl groups is 1. The fourth-order valence-electron chi connectivity index (χ4n) is 12.4. The molecule has 3 atom stereocenters. The highest BCUT2D eigenvalue weighted by molar-refractivity contribution is 7.45. The van der Waals surface area contributed by atoms with Gasteiger partial charge in [0.05, 0.1) is 39.9 Å². The van der Waals surface area contributed by atoms with Gasteiger partial charge in [-0.05, 0) is 44.9 Å². The summed E-state index contributed by atoms with van der Waals surface area (Å²) in [5, 5.41) is 14.0. The average molecular weight is 1270 g/mol. The number of nitrogens with zero attached hydrogens (tertiary/aromatic N) is 1. The minimum atomic E-state index is -4.62. The third-order valence-corrected chi connectivity index (χ3v) is 19.5. The van der Waals surface area contributed by atoms with Crippen molar-refractivity contribution in [2.75, 3.05) is 40.9 Å². The summed E-state index contributed by atoms with van der Waals surface area (Å²) < 4.78 is 23.5. The van der Waals surface area contributed by atoms with Gasteiger partial charge in [-0.15, -0.1) is 0 Å². The lowest BCUT2D eigenvalue weighted by atomic mass is 10.0. The predicted molar refractivity (Wildman–Crippen MR) is 390 cm³/mol. The summed E-state index contributed by atoms with van der Waals surface area (Å²) >= 11 is 0. The molecule has 0 spiro atoms. The van der Waals surface area contributed by atoms with Crippen LogP contribution in [0.3, 0.4) is 0 Å². The van der Waals surface area contributed by atoms with Crippen LogP contribution in [0.2, 0.25) is 0 Å². The number of rotatable bonds is 75. The van der Waals surface area contributed by atoms with Gasteiger partial charge in [-0.2, -0.15) is 0 Å². The number of amides is 1. The van der Waals surface area contributed by atoms with Gasteiger partial charge < -0.3 is 28.8 Å². The van der Waals surface area contributed by atoms with Crippen LogP contribution < -0.4 is 10.2 Å². The van der Waals surface area contributed by atoms with E-state index in [9.17, 15) is 19.4 Å². The Hall–Kier alpha value is -1.28. The van der Waals surface area contributed by atoms with Crippen molar-refractivity contribution in [1.29, 1.82) is 0 Å². The zero-order valence-corrected chi connectivity index (χ0v) is 61.6. The van der Waals surface area contributed by atoms with E-state index < -0.39 is 26.6 Å². The summed E-state index contributed by atoms with van der Waals surface area (Å²) in [5.41, 5.74) is 0. The lowest BCUT2D eigenvalue weighted by molar-refractivity contribution is -0.870. The third kappa shape index (κ3) is 74.0. The van der Waals surface area contributed by atoms with E-state index in [0.717, 1.165) is 44.9 Å². The minimum Gasteiger partial charge on any atom is -0.756 e. The molecule has 89 heavy (non-hydrogen) atoms. The first kappa shape index (κ1) is 87.7. The Morgan fingerprint density at radius 1 is 0.382 bits per heavy atom. The monoisotopic (exact) mass is 1270 g/mol. The first-order valence-corrected chi connectivity index (χ1v) is 41.3. The second-order valence-electron chi connectivity index (χ2n) is 28.8. The lowest BCUT2D eigenvalue weighted by Gasteiger charge is -2.29. The second-order valence-corrected chi connectivity index (χ2v) is 30.2. The standard InChI is InChI=1S/C80H157N2O6P/c1-6-8-10-12-14-16-18-20-22-24-26-28-30-32-34-36-37-38-39-40-41-42-43-44-45-46-48-50-52-54-56-58-60-62-64-66-68-70-72-74-80(84)81-78(77-88-89(85,86)87-76-75-82(3,4)5)79(83)73-71-69-67-65-63-61-59-57-55-53-51-49-47-35-33-31-29-27-25-23-21-19-17-15-13-11-9-7-2/h55,57,63,65,71,73,78-79,83H,6-54,56,58-62,64,66-70,72,74-77H2,1-5H3,(H-,81,84,85,86)/b57-55+,65-63+,73-71+. The minimum absolute atomic E-state index is 0.00696. The molecule has 2 N–H and O–H groups in total. The highest BCUT2D eigenvalue weighted by Crippen LogP contribution is 2.38. The molecule has 0 aliphatic rings. The molecule has 0 aliphatic carbocycles. The summed E-state index contributed by atoms with van der Waals surface area (Å²) in [6, 6.07) is -0.910. The largest absolute Gasteiger partial charge is 0.756 e. The molecule has 0 heterocycles. The number of carbonyl (C=O) groups excluding carboxylic acids is 1. The van der Waals surface area contributed by atoms with Gasteiger partial charge in [0, 0.05) is 6.42 Å². The number of likely N-dealkylation sites (N-methyl/N-ethyl adjacent to an activating group) is 1. The van der Waals surface area contributed by atoms with Crippen molar-refractivity contribution in [3.05, 3.63) is 36.5 Å². The number of unbranched alkanes of at least 4 members (excludes halogenated alkanes) is 58. The molecular weight excluding hydrogens is 1120 g/mol. The van der Waals surface area contributed by atoms with Crippen molar-refractivity contribution < 1.29 is 32.9 Å². The summed E-state index contributed by atoms with van der Waals surface area (Å²) in [7, 11) is 1.25. The van der Waals surface area contributed by atoms with E-state index >= 15 is 0 Å². The number of quaternary nitrogens is 1. The van der Waals surface area contributed by atoms with Gasteiger partial charge in [0.1, 0.15) is 13.2 Å². The normalized spacial score (nSPS) is 13.7. The topological polar surface area (TPSA) is 108 Å². The Balaban J connectivity index is 3.96. The molecular formula is C80H157N2O6P. The first-order chi connectivity index (χ1) is 43.5. The number of carbonyl (C=O) groups is 1. The number of nitrogens with one attached hydrogen (secondary N) is 1. The maximum Gasteiger partial charge on any atom is 0.268 e. The second kappa shape index (κ2) is 71.0. The molecule has 528 valence electrons. The molecule has 1 amide bonds. The van der Waals surface area contributed by atoms with Gasteiger partial charge in [0.15, 0.2) is 0 Å². The molecule has 0 aliphatic heterocycles. The molecule has 0 saturated heterocycles. The fourth-order valence-corrected chi connectivity index (χ4v) is 13.2. The molecule has 8 nitrogen and oxygen atoms in total. The first-order valence-electron chi connectivity index (χ1n) is 39.9.